The topological polar surface area (TPSA) is 129 Å². The minimum absolute atomic E-state index is 0.600. The van der Waals surface area contributed by atoms with Gasteiger partial charge in [0, 0.05) is 12.3 Å². The van der Waals surface area contributed by atoms with E-state index in [1.165, 1.54) is 13.8 Å². The molecule has 2 aliphatic rings. The van der Waals surface area contributed by atoms with Gasteiger partial charge in [0.25, 0.3) is 12.0 Å². The number of aromatic amines is 1. The van der Waals surface area contributed by atoms with Gasteiger partial charge in [0.05, 0.1) is 12.7 Å². The smallest absolute Gasteiger partial charge is 0.386 e. The third-order valence-electron chi connectivity index (χ3n) is 3.95. The van der Waals surface area contributed by atoms with Crippen LogP contribution in [-0.2, 0) is 22.9 Å². The van der Waals surface area contributed by atoms with Gasteiger partial charge in [-0.1, -0.05) is 0 Å². The van der Waals surface area contributed by atoms with Crippen LogP contribution in [0.4, 0.5) is 8.78 Å². The van der Waals surface area contributed by atoms with E-state index in [4.69, 9.17) is 18.3 Å². The highest BCUT2D eigenvalue weighted by atomic mass is 31.2. The Morgan fingerprint density at radius 2 is 2.15 bits per heavy atom. The Balaban J connectivity index is 1.99. The van der Waals surface area contributed by atoms with Crippen molar-refractivity contribution in [3.05, 3.63) is 33.1 Å². The highest BCUT2D eigenvalue weighted by molar-refractivity contribution is 7.48. The number of aliphatic hydroxyl groups is 1. The van der Waals surface area contributed by atoms with Crippen LogP contribution in [0.2, 0.25) is 0 Å². The second-order valence-electron chi connectivity index (χ2n) is 6.17. The van der Waals surface area contributed by atoms with Gasteiger partial charge in [-0.05, 0) is 13.8 Å². The van der Waals surface area contributed by atoms with Crippen LogP contribution in [0.1, 0.15) is 20.1 Å². The van der Waals surface area contributed by atoms with Gasteiger partial charge in [-0.25, -0.2) is 18.1 Å². The number of phosphoric acid groups is 1. The fraction of sp³-hybridized carbons (Fsp3) is 0.692. The molecule has 2 aliphatic heterocycles. The van der Waals surface area contributed by atoms with Gasteiger partial charge in [-0.15, -0.1) is 0 Å². The molecule has 3 rings (SSSR count). The molecule has 0 saturated carbocycles. The first kappa shape index (κ1) is 19.3. The summed E-state index contributed by atoms with van der Waals surface area (Å²) in [6, 6.07) is 0.957. The van der Waals surface area contributed by atoms with Crippen LogP contribution >= 0.6 is 7.82 Å². The summed E-state index contributed by atoms with van der Waals surface area (Å²) in [6.07, 6.45) is -8.02. The molecular formula is C13H17F2N2O8P. The lowest BCUT2D eigenvalue weighted by atomic mass is 9.96. The normalized spacial score (nSPS) is 37.3. The van der Waals surface area contributed by atoms with E-state index in [0.717, 1.165) is 16.8 Å². The zero-order chi connectivity index (χ0) is 19.3. The SMILES string of the molecule is CC(C)OP1(=O)OC[C@@]2(C(F)F)O[C@@H](n3ccc(=O)[nH]c3=O)[C@@H](O)[C@@H]2O1. The molecule has 146 valence electrons. The fourth-order valence-electron chi connectivity index (χ4n) is 2.82. The molecule has 0 radical (unpaired) electrons. The molecule has 2 N–H and O–H groups in total. The summed E-state index contributed by atoms with van der Waals surface area (Å²) in [5, 5.41) is 10.4. The number of phosphoric ester groups is 1. The summed E-state index contributed by atoms with van der Waals surface area (Å²) < 4.78 is 60.9. The number of alkyl halides is 2. The van der Waals surface area contributed by atoms with Gasteiger partial charge < -0.3 is 9.84 Å². The monoisotopic (exact) mass is 398 g/mol. The number of nitrogens with zero attached hydrogens (tertiary/aromatic N) is 1. The number of hydrogen-bond donors (Lipinski definition) is 2. The van der Waals surface area contributed by atoms with Crippen LogP contribution < -0.4 is 11.2 Å². The third kappa shape index (κ3) is 3.17. The Morgan fingerprint density at radius 3 is 2.73 bits per heavy atom. The molecule has 10 nitrogen and oxygen atoms in total. The number of H-pyrrole nitrogens is 1. The van der Waals surface area contributed by atoms with E-state index in [9.17, 15) is 28.0 Å². The number of aromatic nitrogens is 2. The zero-order valence-corrected chi connectivity index (χ0v) is 14.6. The Labute approximate surface area is 145 Å². The van der Waals surface area contributed by atoms with Gasteiger partial charge >= 0.3 is 13.5 Å². The van der Waals surface area contributed by atoms with Crippen molar-refractivity contribution in [2.75, 3.05) is 6.61 Å². The highest BCUT2D eigenvalue weighted by Gasteiger charge is 2.67. The predicted molar refractivity (Wildman–Crippen MR) is 80.8 cm³/mol. The molecule has 1 aromatic rings. The molecule has 0 amide bonds. The van der Waals surface area contributed by atoms with E-state index in [2.05, 4.69) is 0 Å². The maximum absolute atomic E-state index is 13.7. The first-order valence-electron chi connectivity index (χ1n) is 7.65. The molecular weight excluding hydrogens is 381 g/mol. The van der Waals surface area contributed by atoms with Crippen molar-refractivity contribution in [2.45, 2.75) is 50.4 Å². The quantitative estimate of drug-likeness (QED) is 0.697. The van der Waals surface area contributed by atoms with Crippen molar-refractivity contribution >= 4 is 7.82 Å². The summed E-state index contributed by atoms with van der Waals surface area (Å²) in [7, 11) is -4.22. The second-order valence-corrected chi connectivity index (χ2v) is 7.75. The van der Waals surface area contributed by atoms with Crippen molar-refractivity contribution in [1.29, 1.82) is 0 Å². The molecule has 1 aromatic heterocycles. The lowest BCUT2D eigenvalue weighted by molar-refractivity contribution is -0.208. The maximum Gasteiger partial charge on any atom is 0.475 e. The number of nitrogens with one attached hydrogen (secondary N) is 1. The highest BCUT2D eigenvalue weighted by Crippen LogP contribution is 2.61. The largest absolute Gasteiger partial charge is 0.475 e. The average molecular weight is 398 g/mol. The third-order valence-corrected chi connectivity index (χ3v) is 5.56. The van der Waals surface area contributed by atoms with Crippen LogP contribution in [0, 0.1) is 0 Å². The first-order valence-corrected chi connectivity index (χ1v) is 9.11. The van der Waals surface area contributed by atoms with Crippen LogP contribution in [0.5, 0.6) is 0 Å². The molecule has 0 spiro atoms. The lowest BCUT2D eigenvalue weighted by Crippen LogP contribution is -2.56. The van der Waals surface area contributed by atoms with Crippen molar-refractivity contribution in [3.63, 3.8) is 0 Å². The van der Waals surface area contributed by atoms with Crippen LogP contribution in [0.3, 0.4) is 0 Å². The number of halogens is 2. The van der Waals surface area contributed by atoms with Crippen LogP contribution in [-0.4, -0.2) is 51.6 Å². The standard InChI is InChI=1S/C13H17F2N2O8P/c1-6(2)24-26(21)22-5-13(11(14)15)9(25-26)8(19)10(23-13)17-4-3-7(18)16-12(17)20/h3-4,6,8-11,19H,5H2,1-2H3,(H,16,18,20)/t8-,9-,10+,13+,26?/m0/s1. The molecule has 1 unspecified atom stereocenters. The van der Waals surface area contributed by atoms with E-state index in [0.29, 0.717) is 0 Å². The number of hydrogen-bond acceptors (Lipinski definition) is 8. The van der Waals surface area contributed by atoms with Gasteiger partial charge in [0.1, 0.15) is 12.2 Å². The molecule has 2 fully saturated rings. The average Bonchev–Trinajstić information content (AvgIpc) is 2.80. The molecule has 0 aromatic carbocycles. The van der Waals surface area contributed by atoms with Crippen LogP contribution in [0.25, 0.3) is 0 Å². The fourth-order valence-corrected chi connectivity index (χ4v) is 4.45. The molecule has 13 heteroatoms. The summed E-state index contributed by atoms with van der Waals surface area (Å²) in [5.74, 6) is 0. The van der Waals surface area contributed by atoms with Crippen molar-refractivity contribution in [3.8, 4) is 0 Å². The Morgan fingerprint density at radius 1 is 1.46 bits per heavy atom. The zero-order valence-electron chi connectivity index (χ0n) is 13.7. The van der Waals surface area contributed by atoms with E-state index in [-0.39, 0.29) is 0 Å². The minimum atomic E-state index is -4.22. The summed E-state index contributed by atoms with van der Waals surface area (Å²) >= 11 is 0. The maximum atomic E-state index is 13.7. The van der Waals surface area contributed by atoms with Gasteiger partial charge in [-0.2, -0.15) is 0 Å². The van der Waals surface area contributed by atoms with Crippen molar-refractivity contribution < 1.29 is 36.8 Å². The van der Waals surface area contributed by atoms with Gasteiger partial charge in [0.15, 0.2) is 11.8 Å². The molecule has 3 heterocycles. The molecule has 5 atom stereocenters. The van der Waals surface area contributed by atoms with E-state index >= 15 is 0 Å². The van der Waals surface area contributed by atoms with E-state index in [1.54, 1.807) is 0 Å². The van der Waals surface area contributed by atoms with Crippen molar-refractivity contribution in [2.24, 2.45) is 0 Å². The first-order chi connectivity index (χ1) is 12.1. The Kier molecular flexibility index (Phi) is 4.93. The number of rotatable bonds is 4. The Hall–Kier alpha value is -1.43. The van der Waals surface area contributed by atoms with Gasteiger partial charge in [0.2, 0.25) is 0 Å². The van der Waals surface area contributed by atoms with Crippen molar-refractivity contribution in [1.82, 2.24) is 9.55 Å². The predicted octanol–water partition coefficient (Wildman–Crippen LogP) is 0.379. The summed E-state index contributed by atoms with van der Waals surface area (Å²) in [4.78, 5) is 25.0. The molecule has 0 bridgehead atoms. The molecule has 2 saturated heterocycles. The number of ether oxygens (including phenoxy) is 1. The summed E-state index contributed by atoms with van der Waals surface area (Å²) in [6.45, 7) is 2.18. The summed E-state index contributed by atoms with van der Waals surface area (Å²) in [5.41, 5.74) is -4.16. The molecule has 0 aliphatic carbocycles. The Bertz CT molecular complexity index is 842. The molecule has 26 heavy (non-hydrogen) atoms. The van der Waals surface area contributed by atoms with Crippen LogP contribution in [0.15, 0.2) is 21.9 Å². The van der Waals surface area contributed by atoms with E-state index < -0.39 is 62.2 Å². The van der Waals surface area contributed by atoms with E-state index in [1.807, 2.05) is 4.98 Å². The number of aliphatic hydroxyl groups excluding tert-OH is 1. The van der Waals surface area contributed by atoms with Gasteiger partial charge in [-0.3, -0.25) is 27.9 Å². The lowest BCUT2D eigenvalue weighted by Gasteiger charge is -2.39. The minimum Gasteiger partial charge on any atom is -0.386 e. The number of fused-ring (bicyclic) bond motifs is 1. The second kappa shape index (κ2) is 6.63.